The van der Waals surface area contributed by atoms with Crippen LogP contribution in [0.1, 0.15) is 118 Å². The number of hydrogen-bond donors (Lipinski definition) is 8. The van der Waals surface area contributed by atoms with E-state index in [4.69, 9.17) is 30.3 Å². The number of ketones is 1. The second-order valence-electron chi connectivity index (χ2n) is 17.3. The molecule has 2 fully saturated rings. The average molecular weight is 916 g/mol. The van der Waals surface area contributed by atoms with Crippen molar-refractivity contribution < 1.29 is 64.8 Å². The summed E-state index contributed by atoms with van der Waals surface area (Å²) in [6.45, 7) is 6.29. The first kappa shape index (κ1) is 53.2. The second kappa shape index (κ2) is 27.9. The zero-order chi connectivity index (χ0) is 48.0. The first-order valence-corrected chi connectivity index (χ1v) is 23.3. The van der Waals surface area contributed by atoms with Crippen LogP contribution in [-0.2, 0) is 25.6 Å². The molecule has 0 radical (unpaired) electrons. The number of Topliss-reactive ketones (excluding diaryl/α,β-unsaturated/α-hetero) is 1. The number of benzene rings is 3. The Kier molecular flexibility index (Phi) is 22.5. The quantitative estimate of drug-likeness (QED) is 0.0403. The summed E-state index contributed by atoms with van der Waals surface area (Å²) >= 11 is 0. The molecule has 0 unspecified atom stereocenters. The Morgan fingerprint density at radius 2 is 1.53 bits per heavy atom. The number of fused-ring (bicyclic) bond motifs is 1. The van der Waals surface area contributed by atoms with Crippen molar-refractivity contribution in [3.63, 3.8) is 0 Å². The highest BCUT2D eigenvalue weighted by molar-refractivity contribution is 5.85. The van der Waals surface area contributed by atoms with Crippen molar-refractivity contribution >= 4 is 23.7 Å². The molecule has 0 amide bonds. The normalized spacial score (nSPS) is 21.8. The largest absolute Gasteiger partial charge is 0.508 e. The smallest absolute Gasteiger partial charge is 0.335 e. The maximum Gasteiger partial charge on any atom is 0.335 e. The molecule has 0 spiro atoms. The number of unbranched alkanes of at least 4 members (excludes halogenated alkanes) is 3. The minimum Gasteiger partial charge on any atom is -0.508 e. The fourth-order valence-corrected chi connectivity index (χ4v) is 8.83. The highest BCUT2D eigenvalue weighted by Crippen LogP contribution is 2.47. The van der Waals surface area contributed by atoms with Gasteiger partial charge in [0.05, 0.1) is 12.2 Å². The van der Waals surface area contributed by atoms with E-state index >= 15 is 0 Å². The number of aryl methyl sites for hydroxylation is 1. The summed E-state index contributed by atoms with van der Waals surface area (Å²) in [4.78, 5) is 44.6. The minimum atomic E-state index is -2.27. The number of aromatic hydroxyl groups is 1. The summed E-state index contributed by atoms with van der Waals surface area (Å²) in [6, 6.07) is 25.4. The van der Waals surface area contributed by atoms with Crippen molar-refractivity contribution in [2.45, 2.75) is 127 Å². The number of aliphatic hydroxyl groups excluding tert-OH is 4. The van der Waals surface area contributed by atoms with Gasteiger partial charge < -0.3 is 45.6 Å². The number of carboxylic acids is 3. The molecule has 3 aromatic carbocycles. The van der Waals surface area contributed by atoms with Crippen molar-refractivity contribution in [2.75, 3.05) is 26.2 Å². The van der Waals surface area contributed by atoms with E-state index in [1.807, 2.05) is 24.3 Å². The van der Waals surface area contributed by atoms with Crippen LogP contribution < -0.4 is 4.74 Å². The van der Waals surface area contributed by atoms with E-state index in [2.05, 4.69) is 72.5 Å². The number of nitrogens with zero attached hydrogens (tertiary/aromatic N) is 1. The molecular formula is C52H69NO13. The first-order chi connectivity index (χ1) is 31.7. The first-order valence-electron chi connectivity index (χ1n) is 23.3. The lowest BCUT2D eigenvalue weighted by Gasteiger charge is -2.35. The van der Waals surface area contributed by atoms with Gasteiger partial charge in [0.15, 0.2) is 12.2 Å². The van der Waals surface area contributed by atoms with Crippen LogP contribution >= 0.6 is 0 Å². The zero-order valence-electron chi connectivity index (χ0n) is 37.9. The molecule has 1 saturated heterocycles. The van der Waals surface area contributed by atoms with Crippen molar-refractivity contribution in [3.8, 4) is 11.5 Å². The fourth-order valence-electron chi connectivity index (χ4n) is 8.83. The molecule has 8 atom stereocenters. The number of phenolic OH excluding ortho intramolecular Hbond substituents is 1. The molecule has 1 saturated carbocycles. The minimum absolute atomic E-state index is 0.0535. The monoisotopic (exact) mass is 915 g/mol. The molecule has 3 aromatic rings. The molecule has 360 valence electrons. The maximum absolute atomic E-state index is 12.1. The van der Waals surface area contributed by atoms with Crippen molar-refractivity contribution in [1.82, 2.24) is 4.90 Å². The van der Waals surface area contributed by atoms with Gasteiger partial charge in [0.1, 0.15) is 23.9 Å². The van der Waals surface area contributed by atoms with Crippen LogP contribution in [-0.4, -0.2) is 120 Å². The van der Waals surface area contributed by atoms with E-state index < -0.39 is 42.3 Å². The van der Waals surface area contributed by atoms with E-state index in [1.54, 1.807) is 12.2 Å². The average Bonchev–Trinajstić information content (AvgIpc) is 3.92. The van der Waals surface area contributed by atoms with Crippen LogP contribution in [0, 0.1) is 11.8 Å². The molecule has 14 nitrogen and oxygen atoms in total. The molecule has 2 aliphatic carbocycles. The van der Waals surface area contributed by atoms with Crippen molar-refractivity contribution in [3.05, 3.63) is 119 Å². The molecule has 1 heterocycles. The van der Waals surface area contributed by atoms with Crippen molar-refractivity contribution in [2.24, 2.45) is 11.8 Å². The summed E-state index contributed by atoms with van der Waals surface area (Å²) in [7, 11) is 0. The molecule has 1 aliphatic heterocycles. The fraction of sp³-hybridized carbons (Fsp3) is 0.500. The highest BCUT2D eigenvalue weighted by atomic mass is 16.5. The van der Waals surface area contributed by atoms with Gasteiger partial charge in [0.2, 0.25) is 0 Å². The Morgan fingerprint density at radius 3 is 2.17 bits per heavy atom. The van der Waals surface area contributed by atoms with Gasteiger partial charge in [-0.2, -0.15) is 0 Å². The van der Waals surface area contributed by atoms with Crippen LogP contribution in [0.4, 0.5) is 0 Å². The van der Waals surface area contributed by atoms with Gasteiger partial charge in [-0.1, -0.05) is 99.0 Å². The zero-order valence-corrected chi connectivity index (χ0v) is 37.9. The number of aliphatic hydroxyl groups is 4. The lowest BCUT2D eigenvalue weighted by Crippen LogP contribution is -2.39. The number of carbonyl (C=O) groups excluding carboxylic acids is 1. The number of carbonyl (C=O) groups is 4. The maximum atomic E-state index is 12.1. The summed E-state index contributed by atoms with van der Waals surface area (Å²) in [5, 5.41) is 71.2. The summed E-state index contributed by atoms with van der Waals surface area (Å²) in [5.74, 6) is -2.78. The lowest BCUT2D eigenvalue weighted by atomic mass is 9.69. The third kappa shape index (κ3) is 17.1. The van der Waals surface area contributed by atoms with E-state index in [0.717, 1.165) is 51.0 Å². The van der Waals surface area contributed by atoms with Crippen molar-refractivity contribution in [1.29, 1.82) is 0 Å². The van der Waals surface area contributed by atoms with Gasteiger partial charge in [-0.3, -0.25) is 14.5 Å². The van der Waals surface area contributed by atoms with Gasteiger partial charge in [-0.05, 0) is 117 Å². The Bertz CT molecular complexity index is 2000. The predicted molar refractivity (Wildman–Crippen MR) is 249 cm³/mol. The molecule has 3 aliphatic rings. The van der Waals surface area contributed by atoms with Crippen LogP contribution in [0.15, 0.2) is 97.1 Å². The van der Waals surface area contributed by atoms with Gasteiger partial charge in [-0.15, -0.1) is 0 Å². The summed E-state index contributed by atoms with van der Waals surface area (Å²) in [5.41, 5.74) is 5.30. The van der Waals surface area contributed by atoms with Gasteiger partial charge in [0, 0.05) is 37.1 Å². The Labute approximate surface area is 387 Å². The molecule has 14 heteroatoms. The second-order valence-corrected chi connectivity index (χ2v) is 17.3. The molecule has 6 rings (SSSR count). The van der Waals surface area contributed by atoms with Gasteiger partial charge in [-0.25, -0.2) is 9.59 Å². The highest BCUT2D eigenvalue weighted by Gasteiger charge is 2.39. The number of likely N-dealkylation sites (tertiary alicyclic amines) is 1. The number of ether oxygens (including phenoxy) is 1. The van der Waals surface area contributed by atoms with Crippen LogP contribution in [0.25, 0.3) is 0 Å². The van der Waals surface area contributed by atoms with Gasteiger partial charge >= 0.3 is 17.9 Å². The number of carboxylic acid groups (broad SMARTS) is 3. The standard InChI is InChI=1S/C28H31NO2.C20H32O5.C4H6O6/c30-24-11-15-27-23(20-24)10-14-26(21-6-2-1-3-7-21)28(27)22-8-12-25(13-9-22)31-19-18-29-16-4-5-17-29;1-2-3-6-9-15(21)12-13-17-16(18(22)14-19(17)23)10-7-4-5-8-11-20(24)25;5-1(3(7)8)2(6)4(9)10/h1-3,6-9,11-13,15,20,26,28,30H,4-5,10,14,16-19H2;4,7,12-13,15-17,19,21,23H,2-3,5-6,8-11,14H2,1H3,(H,24,25);1-2,5-6H,(H,7,8)(H,9,10)/b;7-4-,13-12+;/t26-,28+;15-,16+,17+,19+;1-,2-/m100/s1. The number of rotatable bonds is 21. The third-order valence-electron chi connectivity index (χ3n) is 12.4. The number of allylic oxidation sites excluding steroid dienone is 2. The lowest BCUT2D eigenvalue weighted by molar-refractivity contribution is -0.165. The summed E-state index contributed by atoms with van der Waals surface area (Å²) < 4.78 is 6.03. The Hall–Kier alpha value is -5.38. The number of hydrogen-bond acceptors (Lipinski definition) is 11. The van der Waals surface area contributed by atoms with E-state index in [-0.39, 0.29) is 36.4 Å². The van der Waals surface area contributed by atoms with Gasteiger partial charge in [0.25, 0.3) is 0 Å². The van der Waals surface area contributed by atoms with Crippen LogP contribution in [0.3, 0.4) is 0 Å². The molecule has 0 aromatic heterocycles. The molecule has 8 N–H and O–H groups in total. The topological polar surface area (TPSA) is 243 Å². The molecular weight excluding hydrogens is 847 g/mol. The number of aliphatic carboxylic acids is 3. The SMILES string of the molecule is CCCCC[C@H](O)/C=C/[C@H]1[C@H](O)CC(=O)[C@@H]1C/C=C\CCCC(=O)O.O=C(O)[C@@H](O)[C@H](O)C(=O)O.Oc1ccc2c(c1)CC[C@H](c1ccccc1)[C@@H]2c1ccc(OCCN2CCCC2)cc1. The Balaban J connectivity index is 0.000000244. The third-order valence-corrected chi connectivity index (χ3v) is 12.4. The van der Waals surface area contributed by atoms with E-state index in [9.17, 15) is 34.5 Å². The van der Waals surface area contributed by atoms with E-state index in [0.29, 0.717) is 37.4 Å². The van der Waals surface area contributed by atoms with E-state index in [1.165, 1.54) is 48.2 Å². The van der Waals surface area contributed by atoms with Crippen LogP contribution in [0.5, 0.6) is 11.5 Å². The molecule has 0 bridgehead atoms. The predicted octanol–water partition coefficient (Wildman–Crippen LogP) is 6.86. The summed E-state index contributed by atoms with van der Waals surface area (Å²) in [6.07, 6.45) is 12.3. The number of phenols is 1. The Morgan fingerprint density at radius 1 is 0.848 bits per heavy atom. The molecule has 66 heavy (non-hydrogen) atoms. The van der Waals surface area contributed by atoms with Crippen LogP contribution in [0.2, 0.25) is 0 Å².